The number of benzene rings is 2. The van der Waals surface area contributed by atoms with Crippen molar-refractivity contribution < 1.29 is 19.4 Å². The minimum Gasteiger partial charge on any atom is -0.477 e. The van der Waals surface area contributed by atoms with Crippen molar-refractivity contribution >= 4 is 23.4 Å². The second-order valence-corrected chi connectivity index (χ2v) is 8.01. The maximum Gasteiger partial charge on any atom is 0.409 e. The molecule has 0 spiro atoms. The van der Waals surface area contributed by atoms with E-state index in [0.29, 0.717) is 18.0 Å². The third-order valence-electron chi connectivity index (χ3n) is 5.07. The Morgan fingerprint density at radius 3 is 2.31 bits per heavy atom. The number of aromatic carboxylic acids is 1. The number of aromatic nitrogens is 1. The fourth-order valence-corrected chi connectivity index (χ4v) is 4.33. The second kappa shape index (κ2) is 8.05. The molecule has 148 valence electrons. The predicted octanol–water partition coefficient (Wildman–Crippen LogP) is 4.26. The smallest absolute Gasteiger partial charge is 0.409 e. The van der Waals surface area contributed by atoms with Gasteiger partial charge in [0.15, 0.2) is 0 Å². The molecule has 0 atom stereocenters. The molecule has 1 amide bonds. The molecule has 4 rings (SSSR count). The van der Waals surface area contributed by atoms with Gasteiger partial charge in [0.05, 0.1) is 11.2 Å². The minimum atomic E-state index is -0.987. The van der Waals surface area contributed by atoms with Crippen LogP contribution in [-0.2, 0) is 11.2 Å². The molecule has 0 fully saturated rings. The number of rotatable bonds is 6. The number of carbonyl (C=O) groups excluding carboxylic acids is 1. The number of amides is 1. The largest absolute Gasteiger partial charge is 0.477 e. The van der Waals surface area contributed by atoms with E-state index in [0.717, 1.165) is 11.3 Å². The van der Waals surface area contributed by atoms with Gasteiger partial charge in [0.2, 0.25) is 0 Å². The van der Waals surface area contributed by atoms with Crippen LogP contribution in [0.15, 0.2) is 54.7 Å². The van der Waals surface area contributed by atoms with Gasteiger partial charge < -0.3 is 14.7 Å². The van der Waals surface area contributed by atoms with Gasteiger partial charge in [-0.3, -0.25) is 0 Å². The number of fused-ring (bicyclic) bond motifs is 3. The summed E-state index contributed by atoms with van der Waals surface area (Å²) in [6.07, 6.45) is 1.43. The lowest BCUT2D eigenvalue weighted by atomic mass is 9.98. The number of thiazole rings is 1. The van der Waals surface area contributed by atoms with Crippen LogP contribution in [0.25, 0.3) is 11.1 Å². The average molecular weight is 408 g/mol. The highest BCUT2D eigenvalue weighted by Crippen LogP contribution is 2.44. The monoisotopic (exact) mass is 408 g/mol. The Hall–Kier alpha value is -3.19. The van der Waals surface area contributed by atoms with Crippen molar-refractivity contribution in [1.29, 1.82) is 0 Å². The molecule has 0 unspecified atom stereocenters. The first-order chi connectivity index (χ1) is 14.0. The maximum atomic E-state index is 12.5. The molecule has 0 saturated heterocycles. The number of likely N-dealkylation sites (N-methyl/N-ethyl adjacent to an activating group) is 1. The second-order valence-electron chi connectivity index (χ2n) is 6.90. The van der Waals surface area contributed by atoms with Crippen LogP contribution in [-0.4, -0.2) is 47.3 Å². The summed E-state index contributed by atoms with van der Waals surface area (Å²) in [5.74, 6) is -0.963. The first kappa shape index (κ1) is 19.1. The lowest BCUT2D eigenvalue weighted by Gasteiger charge is -2.19. The number of hydrogen-bond acceptors (Lipinski definition) is 5. The van der Waals surface area contributed by atoms with E-state index < -0.39 is 12.1 Å². The molecule has 7 heteroatoms. The van der Waals surface area contributed by atoms with E-state index in [1.807, 2.05) is 24.3 Å². The van der Waals surface area contributed by atoms with Crippen molar-refractivity contribution in [1.82, 2.24) is 9.88 Å². The van der Waals surface area contributed by atoms with Gasteiger partial charge in [-0.15, -0.1) is 11.3 Å². The zero-order valence-corrected chi connectivity index (χ0v) is 16.7. The summed E-state index contributed by atoms with van der Waals surface area (Å²) in [4.78, 5) is 29.2. The van der Waals surface area contributed by atoms with Crippen molar-refractivity contribution in [2.75, 3.05) is 20.2 Å². The van der Waals surface area contributed by atoms with E-state index in [9.17, 15) is 9.59 Å². The van der Waals surface area contributed by atoms with Gasteiger partial charge in [-0.05, 0) is 22.3 Å². The van der Waals surface area contributed by atoms with Crippen LogP contribution in [0.4, 0.5) is 4.79 Å². The Morgan fingerprint density at radius 1 is 1.10 bits per heavy atom. The molecular formula is C22H20N2O4S. The van der Waals surface area contributed by atoms with Crippen LogP contribution in [0.2, 0.25) is 0 Å². The molecule has 1 aliphatic rings. The number of carbonyl (C=O) groups is 2. The number of nitrogens with zero attached hydrogens (tertiary/aromatic N) is 2. The van der Waals surface area contributed by atoms with Crippen LogP contribution >= 0.6 is 11.3 Å². The quantitative estimate of drug-likeness (QED) is 0.659. The molecule has 0 saturated carbocycles. The number of carboxylic acid groups (broad SMARTS) is 1. The number of carboxylic acids is 1. The Bertz CT molecular complexity index is 1020. The first-order valence-electron chi connectivity index (χ1n) is 9.28. The van der Waals surface area contributed by atoms with E-state index in [4.69, 9.17) is 9.84 Å². The molecule has 0 bridgehead atoms. The minimum absolute atomic E-state index is 0.0248. The summed E-state index contributed by atoms with van der Waals surface area (Å²) in [6.45, 7) is 0.681. The van der Waals surface area contributed by atoms with E-state index in [1.165, 1.54) is 33.4 Å². The van der Waals surface area contributed by atoms with Gasteiger partial charge in [0, 0.05) is 25.9 Å². The third kappa shape index (κ3) is 3.86. The molecule has 29 heavy (non-hydrogen) atoms. The van der Waals surface area contributed by atoms with E-state index >= 15 is 0 Å². The zero-order valence-electron chi connectivity index (χ0n) is 15.9. The highest BCUT2D eigenvalue weighted by atomic mass is 32.1. The fourth-order valence-electron chi connectivity index (χ4n) is 3.58. The predicted molar refractivity (Wildman–Crippen MR) is 110 cm³/mol. The first-order valence-corrected chi connectivity index (χ1v) is 10.1. The lowest BCUT2D eigenvalue weighted by molar-refractivity contribution is 0.0701. The Labute approximate surface area is 172 Å². The van der Waals surface area contributed by atoms with Crippen LogP contribution in [0.1, 0.15) is 31.7 Å². The van der Waals surface area contributed by atoms with Crippen LogP contribution in [0, 0.1) is 0 Å². The van der Waals surface area contributed by atoms with Crippen molar-refractivity contribution in [3.8, 4) is 11.1 Å². The molecule has 2 aromatic carbocycles. The van der Waals surface area contributed by atoms with Crippen molar-refractivity contribution in [3.63, 3.8) is 0 Å². The third-order valence-corrected chi connectivity index (χ3v) is 6.12. The fraction of sp³-hybridized carbons (Fsp3) is 0.227. The molecule has 1 N–H and O–H groups in total. The van der Waals surface area contributed by atoms with E-state index in [2.05, 4.69) is 29.2 Å². The molecule has 1 aromatic heterocycles. The summed E-state index contributed by atoms with van der Waals surface area (Å²) in [6, 6.07) is 16.4. The Morgan fingerprint density at radius 2 is 1.72 bits per heavy atom. The van der Waals surface area contributed by atoms with E-state index in [-0.39, 0.29) is 17.4 Å². The normalized spacial score (nSPS) is 12.3. The molecule has 6 nitrogen and oxygen atoms in total. The number of hydrogen-bond donors (Lipinski definition) is 1. The number of ether oxygens (including phenoxy) is 1. The summed E-state index contributed by atoms with van der Waals surface area (Å²) in [5.41, 5.74) is 4.73. The Kier molecular flexibility index (Phi) is 5.31. The molecule has 0 aliphatic heterocycles. The van der Waals surface area contributed by atoms with Gasteiger partial charge in [-0.25, -0.2) is 14.6 Å². The standard InChI is InChI=1S/C22H20N2O4S/c1-24(11-10-20-23-12-19(29-20)21(25)26)22(27)28-13-18-16-8-4-2-6-14(16)15-7-3-5-9-17(15)18/h2-9,12,18H,10-11,13H2,1H3,(H,25,26). The SMILES string of the molecule is CN(CCc1ncc(C(=O)O)s1)C(=O)OCC1c2ccccc2-c2ccccc21. The Balaban J connectivity index is 1.37. The molecule has 1 heterocycles. The van der Waals surface area contributed by atoms with Crippen molar-refractivity contribution in [2.24, 2.45) is 0 Å². The van der Waals surface area contributed by atoms with Crippen molar-refractivity contribution in [3.05, 3.63) is 75.7 Å². The topological polar surface area (TPSA) is 79.7 Å². The van der Waals surface area contributed by atoms with Gasteiger partial charge in [0.25, 0.3) is 0 Å². The highest BCUT2D eigenvalue weighted by Gasteiger charge is 2.29. The summed E-state index contributed by atoms with van der Waals surface area (Å²) in [5, 5.41) is 9.64. The summed E-state index contributed by atoms with van der Waals surface area (Å²) >= 11 is 1.12. The summed E-state index contributed by atoms with van der Waals surface area (Å²) < 4.78 is 5.61. The van der Waals surface area contributed by atoms with Gasteiger partial charge in [0.1, 0.15) is 11.5 Å². The van der Waals surface area contributed by atoms with Crippen molar-refractivity contribution in [2.45, 2.75) is 12.3 Å². The average Bonchev–Trinajstić information content (AvgIpc) is 3.33. The maximum absolute atomic E-state index is 12.5. The zero-order chi connectivity index (χ0) is 20.4. The highest BCUT2D eigenvalue weighted by molar-refractivity contribution is 7.13. The van der Waals surface area contributed by atoms with Crippen LogP contribution in [0.3, 0.4) is 0 Å². The molecule has 0 radical (unpaired) electrons. The van der Waals surface area contributed by atoms with Gasteiger partial charge in [-0.2, -0.15) is 0 Å². The lowest BCUT2D eigenvalue weighted by Crippen LogP contribution is -2.30. The van der Waals surface area contributed by atoms with E-state index in [1.54, 1.807) is 7.05 Å². The molecular weight excluding hydrogens is 388 g/mol. The van der Waals surface area contributed by atoms with Gasteiger partial charge >= 0.3 is 12.1 Å². The van der Waals surface area contributed by atoms with Gasteiger partial charge in [-0.1, -0.05) is 48.5 Å². The molecule has 3 aromatic rings. The molecule has 1 aliphatic carbocycles. The summed E-state index contributed by atoms with van der Waals surface area (Å²) in [7, 11) is 1.67. The van der Waals surface area contributed by atoms with Crippen LogP contribution in [0.5, 0.6) is 0 Å². The van der Waals surface area contributed by atoms with Crippen LogP contribution < -0.4 is 0 Å².